The Balaban J connectivity index is 1.97. The van der Waals surface area contributed by atoms with Crippen molar-refractivity contribution >= 4 is 11.8 Å². The molecule has 1 aliphatic heterocycles. The third kappa shape index (κ3) is 3.44. The highest BCUT2D eigenvalue weighted by Crippen LogP contribution is 2.14. The summed E-state index contributed by atoms with van der Waals surface area (Å²) < 4.78 is 4.94. The molecule has 5 heteroatoms. The van der Waals surface area contributed by atoms with Gasteiger partial charge in [0.15, 0.2) is 0 Å². The zero-order valence-corrected chi connectivity index (χ0v) is 11.6. The van der Waals surface area contributed by atoms with Crippen molar-refractivity contribution in [1.82, 2.24) is 9.88 Å². The molecule has 0 atom stereocenters. The molecule has 0 radical (unpaired) electrons. The minimum atomic E-state index is -0.308. The predicted octanol–water partition coefficient (Wildman–Crippen LogP) is 1.40. The van der Waals surface area contributed by atoms with E-state index in [9.17, 15) is 4.79 Å². The van der Waals surface area contributed by atoms with Crippen molar-refractivity contribution in [1.29, 1.82) is 0 Å². The molecule has 104 valence electrons. The first-order valence-corrected chi connectivity index (χ1v) is 6.85. The molecular formula is C14H21N3O2. The maximum Gasteiger partial charge on any atom is 0.339 e. The van der Waals surface area contributed by atoms with Crippen LogP contribution in [0.25, 0.3) is 0 Å². The molecule has 19 heavy (non-hydrogen) atoms. The van der Waals surface area contributed by atoms with E-state index < -0.39 is 0 Å². The van der Waals surface area contributed by atoms with E-state index in [1.165, 1.54) is 0 Å². The van der Waals surface area contributed by atoms with Crippen LogP contribution in [0, 0.1) is 0 Å². The molecule has 5 nitrogen and oxygen atoms in total. The fourth-order valence-corrected chi connectivity index (χ4v) is 2.20. The summed E-state index contributed by atoms with van der Waals surface area (Å²) in [5.74, 6) is 0.626. The van der Waals surface area contributed by atoms with Gasteiger partial charge in [0.05, 0.1) is 12.2 Å². The summed E-state index contributed by atoms with van der Waals surface area (Å²) in [6, 6.07) is 3.68. The Bertz CT molecular complexity index is 411. The van der Waals surface area contributed by atoms with Gasteiger partial charge >= 0.3 is 5.97 Å². The number of anilines is 1. The van der Waals surface area contributed by atoms with Gasteiger partial charge in [-0.3, -0.25) is 0 Å². The van der Waals surface area contributed by atoms with Crippen LogP contribution in [0.2, 0.25) is 0 Å². The Labute approximate surface area is 114 Å². The van der Waals surface area contributed by atoms with Crippen LogP contribution >= 0.6 is 0 Å². The summed E-state index contributed by atoms with van der Waals surface area (Å²) >= 11 is 0. The summed E-state index contributed by atoms with van der Waals surface area (Å²) in [6.07, 6.45) is 1.60. The molecule has 2 rings (SSSR count). The summed E-state index contributed by atoms with van der Waals surface area (Å²) in [4.78, 5) is 20.6. The first-order chi connectivity index (χ1) is 9.24. The standard InChI is InChI=1S/C14H21N3O2/c1-3-16-7-9-17(10-8-16)13-6-5-12(11-15-13)14(18)19-4-2/h5-6,11H,3-4,7-10H2,1-2H3. The van der Waals surface area contributed by atoms with Gasteiger partial charge in [-0.1, -0.05) is 6.92 Å². The van der Waals surface area contributed by atoms with Gasteiger partial charge in [0, 0.05) is 32.4 Å². The van der Waals surface area contributed by atoms with Crippen molar-refractivity contribution in [2.24, 2.45) is 0 Å². The molecule has 0 spiro atoms. The highest BCUT2D eigenvalue weighted by molar-refractivity contribution is 5.89. The van der Waals surface area contributed by atoms with E-state index in [0.717, 1.165) is 38.5 Å². The Kier molecular flexibility index (Phi) is 4.74. The maximum absolute atomic E-state index is 11.5. The van der Waals surface area contributed by atoms with Crippen LogP contribution in [0.3, 0.4) is 0 Å². The smallest absolute Gasteiger partial charge is 0.339 e. The third-order valence-electron chi connectivity index (χ3n) is 3.40. The molecule has 1 aromatic rings. The molecule has 0 N–H and O–H groups in total. The first-order valence-electron chi connectivity index (χ1n) is 6.85. The van der Waals surface area contributed by atoms with Crippen molar-refractivity contribution in [3.05, 3.63) is 23.9 Å². The number of piperazine rings is 1. The average Bonchev–Trinajstić information content (AvgIpc) is 2.48. The van der Waals surface area contributed by atoms with E-state index in [1.54, 1.807) is 19.2 Å². The monoisotopic (exact) mass is 263 g/mol. The van der Waals surface area contributed by atoms with Gasteiger partial charge < -0.3 is 14.5 Å². The van der Waals surface area contributed by atoms with Crippen LogP contribution in [0.5, 0.6) is 0 Å². The average molecular weight is 263 g/mol. The lowest BCUT2D eigenvalue weighted by atomic mass is 10.2. The first kappa shape index (κ1) is 13.8. The lowest BCUT2D eigenvalue weighted by molar-refractivity contribution is 0.0526. The van der Waals surface area contributed by atoms with E-state index in [0.29, 0.717) is 12.2 Å². The van der Waals surface area contributed by atoms with Crippen LogP contribution in [-0.2, 0) is 4.74 Å². The molecule has 1 fully saturated rings. The normalized spacial score (nSPS) is 16.4. The number of likely N-dealkylation sites (N-methyl/N-ethyl adjacent to an activating group) is 1. The van der Waals surface area contributed by atoms with E-state index in [-0.39, 0.29) is 5.97 Å². The van der Waals surface area contributed by atoms with E-state index in [2.05, 4.69) is 21.7 Å². The van der Waals surface area contributed by atoms with Crippen molar-refractivity contribution in [3.8, 4) is 0 Å². The number of ether oxygens (including phenoxy) is 1. The molecule has 0 unspecified atom stereocenters. The topological polar surface area (TPSA) is 45.7 Å². The summed E-state index contributed by atoms with van der Waals surface area (Å²) in [5, 5.41) is 0. The quantitative estimate of drug-likeness (QED) is 0.768. The Hall–Kier alpha value is -1.62. The van der Waals surface area contributed by atoms with Gasteiger partial charge in [-0.25, -0.2) is 9.78 Å². The van der Waals surface area contributed by atoms with Crippen molar-refractivity contribution < 1.29 is 9.53 Å². The van der Waals surface area contributed by atoms with E-state index >= 15 is 0 Å². The lowest BCUT2D eigenvalue weighted by Gasteiger charge is -2.34. The molecule has 2 heterocycles. The number of esters is 1. The van der Waals surface area contributed by atoms with Crippen LogP contribution < -0.4 is 4.90 Å². The number of aromatic nitrogens is 1. The number of rotatable bonds is 4. The summed E-state index contributed by atoms with van der Waals surface area (Å²) in [7, 11) is 0. The summed E-state index contributed by atoms with van der Waals surface area (Å²) in [5.41, 5.74) is 0.512. The molecule has 1 aromatic heterocycles. The van der Waals surface area contributed by atoms with Gasteiger partial charge in [0.25, 0.3) is 0 Å². The largest absolute Gasteiger partial charge is 0.462 e. The van der Waals surface area contributed by atoms with Gasteiger partial charge in [-0.05, 0) is 25.6 Å². The fourth-order valence-electron chi connectivity index (χ4n) is 2.20. The van der Waals surface area contributed by atoms with Gasteiger partial charge in [0.1, 0.15) is 5.82 Å². The Morgan fingerprint density at radius 3 is 2.53 bits per heavy atom. The Morgan fingerprint density at radius 2 is 2.00 bits per heavy atom. The van der Waals surface area contributed by atoms with Crippen LogP contribution in [0.1, 0.15) is 24.2 Å². The van der Waals surface area contributed by atoms with Crippen molar-refractivity contribution in [3.63, 3.8) is 0 Å². The minimum absolute atomic E-state index is 0.308. The SMILES string of the molecule is CCOC(=O)c1ccc(N2CCN(CC)CC2)nc1. The van der Waals surface area contributed by atoms with Crippen LogP contribution in [0.4, 0.5) is 5.82 Å². The molecule has 1 aliphatic rings. The molecule has 0 aromatic carbocycles. The molecule has 1 saturated heterocycles. The minimum Gasteiger partial charge on any atom is -0.462 e. The van der Waals surface area contributed by atoms with E-state index in [1.807, 2.05) is 6.07 Å². The highest BCUT2D eigenvalue weighted by atomic mass is 16.5. The van der Waals surface area contributed by atoms with Crippen molar-refractivity contribution in [2.75, 3.05) is 44.2 Å². The number of hydrogen-bond donors (Lipinski definition) is 0. The fraction of sp³-hybridized carbons (Fsp3) is 0.571. The van der Waals surface area contributed by atoms with Gasteiger partial charge in [-0.15, -0.1) is 0 Å². The Morgan fingerprint density at radius 1 is 1.26 bits per heavy atom. The van der Waals surface area contributed by atoms with Crippen molar-refractivity contribution in [2.45, 2.75) is 13.8 Å². The zero-order chi connectivity index (χ0) is 13.7. The molecule has 0 bridgehead atoms. The molecule has 0 saturated carbocycles. The number of nitrogens with zero attached hydrogens (tertiary/aromatic N) is 3. The molecular weight excluding hydrogens is 242 g/mol. The molecule has 0 amide bonds. The van der Waals surface area contributed by atoms with Crippen LogP contribution in [-0.4, -0.2) is 55.2 Å². The molecule has 0 aliphatic carbocycles. The summed E-state index contributed by atoms with van der Waals surface area (Å²) in [6.45, 7) is 9.58. The second-order valence-corrected chi connectivity index (χ2v) is 4.55. The van der Waals surface area contributed by atoms with Crippen LogP contribution in [0.15, 0.2) is 18.3 Å². The second-order valence-electron chi connectivity index (χ2n) is 4.55. The van der Waals surface area contributed by atoms with Gasteiger partial charge in [-0.2, -0.15) is 0 Å². The lowest BCUT2D eigenvalue weighted by Crippen LogP contribution is -2.46. The number of carbonyl (C=O) groups excluding carboxylic acids is 1. The second kappa shape index (κ2) is 6.52. The predicted molar refractivity (Wildman–Crippen MR) is 74.5 cm³/mol. The number of carbonyl (C=O) groups is 1. The third-order valence-corrected chi connectivity index (χ3v) is 3.40. The maximum atomic E-state index is 11.5. The number of hydrogen-bond acceptors (Lipinski definition) is 5. The zero-order valence-electron chi connectivity index (χ0n) is 11.6. The number of pyridine rings is 1. The van der Waals surface area contributed by atoms with E-state index in [4.69, 9.17) is 4.74 Å². The van der Waals surface area contributed by atoms with Gasteiger partial charge in [0.2, 0.25) is 0 Å². The highest BCUT2D eigenvalue weighted by Gasteiger charge is 2.17.